The van der Waals surface area contributed by atoms with Crippen molar-refractivity contribution >= 4 is 35.8 Å². The molecule has 0 saturated heterocycles. The van der Waals surface area contributed by atoms with Crippen molar-refractivity contribution < 1.29 is 28.7 Å². The van der Waals surface area contributed by atoms with Gasteiger partial charge in [0.15, 0.2) is 0 Å². The van der Waals surface area contributed by atoms with Crippen molar-refractivity contribution in [1.82, 2.24) is 0 Å². The first kappa shape index (κ1) is 24.4. The third-order valence-electron chi connectivity index (χ3n) is 4.42. The van der Waals surface area contributed by atoms with Gasteiger partial charge >= 0.3 is 12.2 Å². The van der Waals surface area contributed by atoms with E-state index in [1.165, 1.54) is 6.07 Å². The Labute approximate surface area is 186 Å². The molecule has 0 saturated carbocycles. The number of anilines is 2. The first-order valence-electron chi connectivity index (χ1n) is 10.3. The molecule has 0 aromatic heterocycles. The molecule has 9 heteroatoms. The van der Waals surface area contributed by atoms with E-state index in [9.17, 15) is 19.2 Å². The first-order valence-corrected chi connectivity index (χ1v) is 10.3. The molecule has 0 heterocycles. The number of unbranched alkanes of at least 4 members (excludes halogenated alkanes) is 4. The minimum Gasteiger partial charge on any atom is -0.449 e. The van der Waals surface area contributed by atoms with Gasteiger partial charge in [0.1, 0.15) is 6.29 Å². The number of nitrogens with two attached hydrogens (primary N) is 1. The summed E-state index contributed by atoms with van der Waals surface area (Å²) >= 11 is 0. The third-order valence-corrected chi connectivity index (χ3v) is 4.42. The topological polar surface area (TPSA) is 137 Å². The van der Waals surface area contributed by atoms with Crippen LogP contribution in [0.2, 0.25) is 0 Å². The van der Waals surface area contributed by atoms with Gasteiger partial charge in [0.2, 0.25) is 5.91 Å². The van der Waals surface area contributed by atoms with Crippen LogP contribution in [0.1, 0.15) is 52.8 Å². The fourth-order valence-electron chi connectivity index (χ4n) is 2.81. The number of aldehydes is 1. The Balaban J connectivity index is 1.48. The molecule has 2 aromatic carbocycles. The van der Waals surface area contributed by atoms with Crippen LogP contribution >= 0.6 is 0 Å². The van der Waals surface area contributed by atoms with Crippen molar-refractivity contribution in [3.63, 3.8) is 0 Å². The van der Waals surface area contributed by atoms with Gasteiger partial charge in [0, 0.05) is 22.5 Å². The highest BCUT2D eigenvalue weighted by atomic mass is 16.6. The zero-order chi connectivity index (χ0) is 23.2. The minimum absolute atomic E-state index is 0.278. The Morgan fingerprint density at radius 2 is 1.31 bits per heavy atom. The first-order chi connectivity index (χ1) is 15.5. The lowest BCUT2D eigenvalue weighted by atomic mass is 10.1. The highest BCUT2D eigenvalue weighted by Gasteiger charge is 2.06. The number of ether oxygens (including phenoxy) is 2. The summed E-state index contributed by atoms with van der Waals surface area (Å²) in [5, 5.41) is 5.12. The van der Waals surface area contributed by atoms with E-state index < -0.39 is 18.1 Å². The van der Waals surface area contributed by atoms with Gasteiger partial charge in [-0.1, -0.05) is 37.5 Å². The average Bonchev–Trinajstić information content (AvgIpc) is 2.78. The molecule has 0 aliphatic carbocycles. The van der Waals surface area contributed by atoms with Crippen LogP contribution in [0.4, 0.5) is 21.0 Å². The van der Waals surface area contributed by atoms with Gasteiger partial charge in [-0.05, 0) is 43.2 Å². The van der Waals surface area contributed by atoms with E-state index in [2.05, 4.69) is 10.6 Å². The molecular weight excluding hydrogens is 414 g/mol. The van der Waals surface area contributed by atoms with Crippen molar-refractivity contribution in [2.24, 2.45) is 5.73 Å². The van der Waals surface area contributed by atoms with E-state index in [-0.39, 0.29) is 6.61 Å². The molecule has 0 unspecified atom stereocenters. The lowest BCUT2D eigenvalue weighted by Crippen LogP contribution is -2.16. The van der Waals surface area contributed by atoms with E-state index in [1.54, 1.807) is 42.5 Å². The molecule has 2 rings (SSSR count). The summed E-state index contributed by atoms with van der Waals surface area (Å²) in [5.74, 6) is -0.572. The molecule has 2 aromatic rings. The van der Waals surface area contributed by atoms with E-state index in [4.69, 9.17) is 15.2 Å². The second-order valence-electron chi connectivity index (χ2n) is 6.98. The second-order valence-corrected chi connectivity index (χ2v) is 6.98. The number of hydrogen-bond acceptors (Lipinski definition) is 6. The molecule has 32 heavy (non-hydrogen) atoms. The molecule has 0 spiro atoms. The van der Waals surface area contributed by atoms with Crippen LogP contribution in [-0.2, 0) is 9.47 Å². The highest BCUT2D eigenvalue weighted by Crippen LogP contribution is 2.12. The smallest absolute Gasteiger partial charge is 0.411 e. The quantitative estimate of drug-likeness (QED) is 0.331. The van der Waals surface area contributed by atoms with Crippen LogP contribution in [0, 0.1) is 0 Å². The Kier molecular flexibility index (Phi) is 10.2. The zero-order valence-corrected chi connectivity index (χ0v) is 17.7. The van der Waals surface area contributed by atoms with Crippen molar-refractivity contribution in [2.45, 2.75) is 32.1 Å². The lowest BCUT2D eigenvalue weighted by molar-refractivity contribution is 0.0999. The summed E-state index contributed by atoms with van der Waals surface area (Å²) < 4.78 is 10.2. The van der Waals surface area contributed by atoms with Crippen molar-refractivity contribution in [2.75, 3.05) is 23.8 Å². The molecule has 0 aliphatic rings. The molecule has 170 valence electrons. The maximum atomic E-state index is 11.8. The molecule has 4 N–H and O–H groups in total. The Bertz CT molecular complexity index is 931. The van der Waals surface area contributed by atoms with Gasteiger partial charge in [0.05, 0.1) is 13.2 Å². The molecule has 0 aliphatic heterocycles. The fraction of sp³-hybridized carbons (Fsp3) is 0.304. The lowest BCUT2D eigenvalue weighted by Gasteiger charge is -2.08. The number of carbonyl (C=O) groups is 4. The van der Waals surface area contributed by atoms with E-state index in [0.29, 0.717) is 41.8 Å². The predicted octanol–water partition coefficient (Wildman–Crippen LogP) is 4.35. The van der Waals surface area contributed by atoms with Crippen LogP contribution in [0.3, 0.4) is 0 Å². The van der Waals surface area contributed by atoms with Crippen LogP contribution < -0.4 is 16.4 Å². The van der Waals surface area contributed by atoms with Gasteiger partial charge < -0.3 is 15.2 Å². The molecule has 0 fully saturated rings. The molecule has 9 nitrogen and oxygen atoms in total. The summed E-state index contributed by atoms with van der Waals surface area (Å²) in [6.45, 7) is 0.572. The maximum Gasteiger partial charge on any atom is 0.411 e. The number of rotatable bonds is 12. The van der Waals surface area contributed by atoms with Crippen molar-refractivity contribution in [1.29, 1.82) is 0 Å². The molecule has 0 radical (unpaired) electrons. The largest absolute Gasteiger partial charge is 0.449 e. The zero-order valence-electron chi connectivity index (χ0n) is 17.7. The number of primary amides is 1. The molecule has 0 bridgehead atoms. The van der Waals surface area contributed by atoms with Gasteiger partial charge in [-0.15, -0.1) is 0 Å². The fourth-order valence-corrected chi connectivity index (χ4v) is 2.81. The van der Waals surface area contributed by atoms with Gasteiger partial charge in [-0.3, -0.25) is 20.2 Å². The van der Waals surface area contributed by atoms with Crippen LogP contribution in [-0.4, -0.2) is 37.6 Å². The number of nitrogens with one attached hydrogen (secondary N) is 2. The van der Waals surface area contributed by atoms with Crippen LogP contribution in [0.25, 0.3) is 0 Å². The molecular formula is C23H27N3O6. The van der Waals surface area contributed by atoms with E-state index in [1.807, 2.05) is 0 Å². The molecule has 3 amide bonds. The maximum absolute atomic E-state index is 11.8. The Hall–Kier alpha value is -3.88. The van der Waals surface area contributed by atoms with Crippen molar-refractivity contribution in [3.8, 4) is 0 Å². The van der Waals surface area contributed by atoms with Gasteiger partial charge in [-0.2, -0.15) is 0 Å². The van der Waals surface area contributed by atoms with E-state index in [0.717, 1.165) is 25.7 Å². The Morgan fingerprint density at radius 1 is 0.781 bits per heavy atom. The third kappa shape index (κ3) is 9.29. The number of amides is 3. The van der Waals surface area contributed by atoms with Gasteiger partial charge in [0.25, 0.3) is 0 Å². The Morgan fingerprint density at radius 3 is 1.88 bits per heavy atom. The number of hydrogen-bond donors (Lipinski definition) is 3. The summed E-state index contributed by atoms with van der Waals surface area (Å²) in [5.41, 5.74) is 6.92. The van der Waals surface area contributed by atoms with Gasteiger partial charge in [-0.25, -0.2) is 9.59 Å². The minimum atomic E-state index is -0.593. The standard InChI is InChI=1S/C23H27N3O6/c24-21(28)18-9-7-11-20(15-18)26-23(30)32-13-5-3-1-2-4-12-31-22(29)25-19-10-6-8-17(14-19)16-27/h6-11,14-16H,1-5,12-13H2,(H2,24,28)(H,25,29)(H,26,30). The monoisotopic (exact) mass is 441 g/mol. The highest BCUT2D eigenvalue weighted by molar-refractivity contribution is 5.95. The predicted molar refractivity (Wildman–Crippen MR) is 120 cm³/mol. The van der Waals surface area contributed by atoms with Crippen molar-refractivity contribution in [3.05, 3.63) is 59.7 Å². The number of benzene rings is 2. The summed E-state index contributed by atoms with van der Waals surface area (Å²) in [4.78, 5) is 45.4. The van der Waals surface area contributed by atoms with E-state index >= 15 is 0 Å². The van der Waals surface area contributed by atoms with Crippen LogP contribution in [0.15, 0.2) is 48.5 Å². The second kappa shape index (κ2) is 13.4. The number of carbonyl (C=O) groups excluding carboxylic acids is 4. The summed E-state index contributed by atoms with van der Waals surface area (Å²) in [7, 11) is 0. The average molecular weight is 441 g/mol. The normalized spacial score (nSPS) is 10.1. The SMILES string of the molecule is NC(=O)c1cccc(NC(=O)OCCCCCCCOC(=O)Nc2cccc(C=O)c2)c1. The molecule has 0 atom stereocenters. The summed E-state index contributed by atoms with van der Waals surface area (Å²) in [6.07, 6.45) is 3.65. The van der Waals surface area contributed by atoms with Crippen LogP contribution in [0.5, 0.6) is 0 Å². The summed E-state index contributed by atoms with van der Waals surface area (Å²) in [6, 6.07) is 12.9.